The minimum absolute atomic E-state index is 0.108. The average molecular weight is 279 g/mol. The van der Waals surface area contributed by atoms with Crippen molar-refractivity contribution in [2.45, 2.75) is 44.9 Å². The molecular weight excluding hydrogens is 258 g/mol. The third-order valence-corrected chi connectivity index (χ3v) is 3.43. The number of H-pyrrole nitrogens is 1. The highest BCUT2D eigenvalue weighted by Crippen LogP contribution is 2.37. The molecule has 1 heterocycles. The lowest BCUT2D eigenvalue weighted by Crippen LogP contribution is -2.32. The van der Waals surface area contributed by atoms with Crippen molar-refractivity contribution in [2.75, 3.05) is 13.2 Å². The molecule has 2 rings (SSSR count). The maximum atomic E-state index is 12.0. The molecule has 3 N–H and O–H groups in total. The molecule has 0 spiro atoms. The number of aromatic nitrogens is 2. The van der Waals surface area contributed by atoms with Gasteiger partial charge in [0.15, 0.2) is 0 Å². The Morgan fingerprint density at radius 3 is 2.75 bits per heavy atom. The fourth-order valence-electron chi connectivity index (χ4n) is 2.13. The molecule has 6 heteroatoms. The molecule has 1 aromatic heterocycles. The van der Waals surface area contributed by atoms with Gasteiger partial charge in [-0.25, -0.2) is 4.98 Å². The van der Waals surface area contributed by atoms with Crippen molar-refractivity contribution < 1.29 is 9.90 Å². The third-order valence-electron chi connectivity index (χ3n) is 3.43. The maximum Gasteiger partial charge on any atom is 0.264 e. The van der Waals surface area contributed by atoms with Gasteiger partial charge in [0, 0.05) is 19.1 Å². The molecule has 0 unspecified atom stereocenters. The summed E-state index contributed by atoms with van der Waals surface area (Å²) in [6.07, 6.45) is 4.48. The van der Waals surface area contributed by atoms with E-state index < -0.39 is 0 Å². The molecule has 6 nitrogen and oxygen atoms in total. The van der Waals surface area contributed by atoms with E-state index in [-0.39, 0.29) is 23.6 Å². The van der Waals surface area contributed by atoms with E-state index in [4.69, 9.17) is 5.11 Å². The summed E-state index contributed by atoms with van der Waals surface area (Å²) < 4.78 is 0. The van der Waals surface area contributed by atoms with Crippen molar-refractivity contribution in [3.05, 3.63) is 27.4 Å². The molecule has 0 saturated heterocycles. The zero-order valence-corrected chi connectivity index (χ0v) is 11.7. The molecule has 0 atom stereocenters. The van der Waals surface area contributed by atoms with Crippen molar-refractivity contribution in [3.63, 3.8) is 0 Å². The highest BCUT2D eigenvalue weighted by molar-refractivity contribution is 5.94. The number of rotatable bonds is 7. The fourth-order valence-corrected chi connectivity index (χ4v) is 2.13. The first kappa shape index (κ1) is 14.7. The summed E-state index contributed by atoms with van der Waals surface area (Å²) in [4.78, 5) is 31.0. The first-order valence-corrected chi connectivity index (χ1v) is 7.13. The van der Waals surface area contributed by atoms with Crippen LogP contribution in [0, 0.1) is 6.92 Å². The van der Waals surface area contributed by atoms with Crippen molar-refractivity contribution in [1.29, 1.82) is 0 Å². The zero-order chi connectivity index (χ0) is 14.5. The lowest BCUT2D eigenvalue weighted by molar-refractivity contribution is 0.0950. The van der Waals surface area contributed by atoms with Crippen molar-refractivity contribution in [3.8, 4) is 0 Å². The monoisotopic (exact) mass is 279 g/mol. The first-order valence-electron chi connectivity index (χ1n) is 7.13. The van der Waals surface area contributed by atoms with Crippen LogP contribution in [0.4, 0.5) is 0 Å². The summed E-state index contributed by atoms with van der Waals surface area (Å²) >= 11 is 0. The molecule has 1 saturated carbocycles. The van der Waals surface area contributed by atoms with Crippen LogP contribution in [0.3, 0.4) is 0 Å². The maximum absolute atomic E-state index is 12.0. The lowest BCUT2D eigenvalue weighted by Gasteiger charge is -2.07. The summed E-state index contributed by atoms with van der Waals surface area (Å²) in [5.41, 5.74) is 0.243. The number of aromatic amines is 1. The van der Waals surface area contributed by atoms with E-state index in [0.717, 1.165) is 32.1 Å². The van der Waals surface area contributed by atoms with E-state index in [1.807, 2.05) is 0 Å². The number of aliphatic hydroxyl groups excluding tert-OH is 1. The Balaban J connectivity index is 1.97. The molecule has 1 fully saturated rings. The van der Waals surface area contributed by atoms with Crippen LogP contribution in [-0.4, -0.2) is 34.1 Å². The van der Waals surface area contributed by atoms with E-state index >= 15 is 0 Å². The molecule has 110 valence electrons. The van der Waals surface area contributed by atoms with Gasteiger partial charge in [0.2, 0.25) is 0 Å². The largest absolute Gasteiger partial charge is 0.396 e. The molecule has 1 aromatic rings. The van der Waals surface area contributed by atoms with Gasteiger partial charge in [-0.15, -0.1) is 0 Å². The second kappa shape index (κ2) is 6.65. The Morgan fingerprint density at radius 1 is 1.40 bits per heavy atom. The van der Waals surface area contributed by atoms with Crippen LogP contribution in [0.5, 0.6) is 0 Å². The molecule has 1 aliphatic carbocycles. The number of hydrogen-bond acceptors (Lipinski definition) is 4. The molecular formula is C14H21N3O3. The van der Waals surface area contributed by atoms with Gasteiger partial charge in [-0.1, -0.05) is 0 Å². The Labute approximate surface area is 117 Å². The summed E-state index contributed by atoms with van der Waals surface area (Å²) in [6.45, 7) is 2.36. The highest BCUT2D eigenvalue weighted by Gasteiger charge is 2.27. The van der Waals surface area contributed by atoms with Crippen LogP contribution in [0.25, 0.3) is 0 Å². The number of nitrogens with one attached hydrogen (secondary N) is 2. The third kappa shape index (κ3) is 3.66. The van der Waals surface area contributed by atoms with E-state index in [9.17, 15) is 9.59 Å². The van der Waals surface area contributed by atoms with Crippen LogP contribution in [0.15, 0.2) is 4.79 Å². The summed E-state index contributed by atoms with van der Waals surface area (Å²) in [5, 5.41) is 11.4. The van der Waals surface area contributed by atoms with Crippen LogP contribution in [-0.2, 0) is 0 Å². The molecule has 1 amide bonds. The van der Waals surface area contributed by atoms with Crippen molar-refractivity contribution >= 4 is 5.91 Å². The van der Waals surface area contributed by atoms with Gasteiger partial charge in [0.25, 0.3) is 11.5 Å². The quantitative estimate of drug-likeness (QED) is 0.645. The first-order chi connectivity index (χ1) is 9.63. The Hall–Kier alpha value is -1.69. The Kier molecular flexibility index (Phi) is 4.89. The number of unbranched alkanes of at least 4 members (excludes halogenated alkanes) is 2. The van der Waals surface area contributed by atoms with E-state index in [0.29, 0.717) is 24.0 Å². The van der Waals surface area contributed by atoms with E-state index in [1.165, 1.54) is 0 Å². The van der Waals surface area contributed by atoms with Gasteiger partial charge in [-0.2, -0.15) is 0 Å². The van der Waals surface area contributed by atoms with Crippen LogP contribution < -0.4 is 10.9 Å². The van der Waals surface area contributed by atoms with E-state index in [1.54, 1.807) is 6.92 Å². The van der Waals surface area contributed by atoms with Gasteiger partial charge in [0.05, 0.1) is 5.69 Å². The van der Waals surface area contributed by atoms with Crippen LogP contribution in [0.1, 0.15) is 59.9 Å². The van der Waals surface area contributed by atoms with Gasteiger partial charge in [0.1, 0.15) is 11.4 Å². The predicted octanol–water partition coefficient (Wildman–Crippen LogP) is 0.848. The normalized spacial score (nSPS) is 14.3. The Bertz CT molecular complexity index is 535. The number of carbonyl (C=O) groups is 1. The second-order valence-corrected chi connectivity index (χ2v) is 5.23. The SMILES string of the molecule is Cc1nc(C2CC2)[nH]c(=O)c1C(=O)NCCCCCO. The van der Waals surface area contributed by atoms with Gasteiger partial charge < -0.3 is 15.4 Å². The number of amides is 1. The summed E-state index contributed by atoms with van der Waals surface area (Å²) in [6, 6.07) is 0. The number of aliphatic hydroxyl groups is 1. The number of carbonyl (C=O) groups excluding carboxylic acids is 1. The van der Waals surface area contributed by atoms with Gasteiger partial charge in [-0.3, -0.25) is 9.59 Å². The number of aryl methyl sites for hydroxylation is 1. The minimum Gasteiger partial charge on any atom is -0.396 e. The second-order valence-electron chi connectivity index (χ2n) is 5.23. The van der Waals surface area contributed by atoms with Gasteiger partial charge in [-0.05, 0) is 39.0 Å². The minimum atomic E-state index is -0.373. The average Bonchev–Trinajstić information content (AvgIpc) is 3.21. The molecule has 0 radical (unpaired) electrons. The number of nitrogens with zero attached hydrogens (tertiary/aromatic N) is 1. The highest BCUT2D eigenvalue weighted by atomic mass is 16.3. The van der Waals surface area contributed by atoms with Gasteiger partial charge >= 0.3 is 0 Å². The molecule has 0 aliphatic heterocycles. The molecule has 1 aliphatic rings. The molecule has 0 aromatic carbocycles. The van der Waals surface area contributed by atoms with Crippen LogP contribution >= 0.6 is 0 Å². The fraction of sp³-hybridized carbons (Fsp3) is 0.643. The standard InChI is InChI=1S/C14H21N3O3/c1-9-11(13(19)15-7-3-2-4-8-18)14(20)17-12(16-9)10-5-6-10/h10,18H,2-8H2,1H3,(H,15,19)(H,16,17,20). The summed E-state index contributed by atoms with van der Waals surface area (Å²) in [7, 11) is 0. The Morgan fingerprint density at radius 2 is 2.15 bits per heavy atom. The van der Waals surface area contributed by atoms with Crippen molar-refractivity contribution in [1.82, 2.24) is 15.3 Å². The zero-order valence-electron chi connectivity index (χ0n) is 11.7. The van der Waals surface area contributed by atoms with Crippen LogP contribution in [0.2, 0.25) is 0 Å². The molecule has 20 heavy (non-hydrogen) atoms. The predicted molar refractivity (Wildman–Crippen MR) is 74.8 cm³/mol. The lowest BCUT2D eigenvalue weighted by atomic mass is 10.2. The number of hydrogen-bond donors (Lipinski definition) is 3. The summed E-state index contributed by atoms with van der Waals surface area (Å²) in [5.74, 6) is 0.687. The van der Waals surface area contributed by atoms with E-state index in [2.05, 4.69) is 15.3 Å². The molecule has 0 bridgehead atoms. The smallest absolute Gasteiger partial charge is 0.264 e. The topological polar surface area (TPSA) is 95.1 Å². The van der Waals surface area contributed by atoms with Crippen molar-refractivity contribution in [2.24, 2.45) is 0 Å².